The zero-order valence-corrected chi connectivity index (χ0v) is 16.4. The standard InChI is InChI=1S/C15H23N3O3S2.ClH/c1-17(2)23(20,21)12-3-10-22-13(12)14(19)18-8-5-15(6-9-18)4-7-16-11-15;/h3,10,16H,4-9,11H2,1-2H3;1H. The third kappa shape index (κ3) is 3.48. The topological polar surface area (TPSA) is 69.7 Å². The van der Waals surface area contributed by atoms with Gasteiger partial charge in [0.2, 0.25) is 10.0 Å². The van der Waals surface area contributed by atoms with Gasteiger partial charge in [-0.25, -0.2) is 12.7 Å². The van der Waals surface area contributed by atoms with Crippen molar-refractivity contribution >= 4 is 39.7 Å². The fourth-order valence-electron chi connectivity index (χ4n) is 3.40. The predicted molar refractivity (Wildman–Crippen MR) is 97.5 cm³/mol. The smallest absolute Gasteiger partial charge is 0.265 e. The number of hydrogen-bond acceptors (Lipinski definition) is 5. The minimum Gasteiger partial charge on any atom is -0.338 e. The highest BCUT2D eigenvalue weighted by atomic mass is 35.5. The lowest BCUT2D eigenvalue weighted by Crippen LogP contribution is -2.44. The van der Waals surface area contributed by atoms with E-state index in [9.17, 15) is 13.2 Å². The first-order chi connectivity index (χ1) is 10.9. The van der Waals surface area contributed by atoms with Crippen LogP contribution >= 0.6 is 23.7 Å². The number of hydrogen-bond donors (Lipinski definition) is 1. The van der Waals surface area contributed by atoms with Crippen LogP contribution in [0.25, 0.3) is 0 Å². The first-order valence-corrected chi connectivity index (χ1v) is 10.2. The molecule has 1 aromatic heterocycles. The Morgan fingerprint density at radius 3 is 2.50 bits per heavy atom. The number of halogens is 1. The van der Waals surface area contributed by atoms with Gasteiger partial charge in [-0.3, -0.25) is 4.79 Å². The summed E-state index contributed by atoms with van der Waals surface area (Å²) in [6, 6.07) is 1.53. The van der Waals surface area contributed by atoms with Crippen LogP contribution in [0.15, 0.2) is 16.3 Å². The second-order valence-electron chi connectivity index (χ2n) is 6.62. The summed E-state index contributed by atoms with van der Waals surface area (Å²) in [5.74, 6) is -0.152. The normalized spacial score (nSPS) is 20.4. The van der Waals surface area contributed by atoms with Crippen molar-refractivity contribution in [2.45, 2.75) is 24.2 Å². The van der Waals surface area contributed by atoms with Gasteiger partial charge in [-0.1, -0.05) is 0 Å². The van der Waals surface area contributed by atoms with Crippen molar-refractivity contribution in [2.24, 2.45) is 5.41 Å². The van der Waals surface area contributed by atoms with Gasteiger partial charge in [0.1, 0.15) is 9.77 Å². The lowest BCUT2D eigenvalue weighted by atomic mass is 9.78. The van der Waals surface area contributed by atoms with Crippen molar-refractivity contribution < 1.29 is 13.2 Å². The second-order valence-corrected chi connectivity index (χ2v) is 9.66. The summed E-state index contributed by atoms with van der Waals surface area (Å²) in [5, 5.41) is 5.09. The van der Waals surface area contributed by atoms with Gasteiger partial charge in [0.05, 0.1) is 0 Å². The highest BCUT2D eigenvalue weighted by Crippen LogP contribution is 2.37. The van der Waals surface area contributed by atoms with Crippen LogP contribution < -0.4 is 5.32 Å². The number of thiophene rings is 1. The fraction of sp³-hybridized carbons (Fsp3) is 0.667. The van der Waals surface area contributed by atoms with E-state index in [2.05, 4.69) is 5.32 Å². The van der Waals surface area contributed by atoms with Crippen LogP contribution in [0.2, 0.25) is 0 Å². The van der Waals surface area contributed by atoms with Crippen molar-refractivity contribution in [1.29, 1.82) is 0 Å². The van der Waals surface area contributed by atoms with E-state index >= 15 is 0 Å². The largest absolute Gasteiger partial charge is 0.338 e. The SMILES string of the molecule is CN(C)S(=O)(=O)c1ccsc1C(=O)N1CCC2(CCNC2)CC1.Cl. The molecule has 2 aliphatic heterocycles. The number of rotatable bonds is 3. The Hall–Kier alpha value is -0.670. The molecule has 6 nitrogen and oxygen atoms in total. The first-order valence-electron chi connectivity index (χ1n) is 7.86. The van der Waals surface area contributed by atoms with Gasteiger partial charge in [0.15, 0.2) is 0 Å². The van der Waals surface area contributed by atoms with E-state index in [1.807, 2.05) is 4.90 Å². The van der Waals surface area contributed by atoms with Crippen molar-refractivity contribution in [1.82, 2.24) is 14.5 Å². The monoisotopic (exact) mass is 393 g/mol. The van der Waals surface area contributed by atoms with Crippen molar-refractivity contribution in [3.05, 3.63) is 16.3 Å². The minimum absolute atomic E-state index is 0. The molecule has 136 valence electrons. The summed E-state index contributed by atoms with van der Waals surface area (Å²) < 4.78 is 25.9. The zero-order valence-electron chi connectivity index (χ0n) is 13.9. The molecule has 0 saturated carbocycles. The predicted octanol–water partition coefficient (Wildman–Crippen LogP) is 1.64. The molecular formula is C15H24ClN3O3S2. The lowest BCUT2D eigenvalue weighted by Gasteiger charge is -2.38. The number of carbonyl (C=O) groups is 1. The van der Waals surface area contributed by atoms with E-state index in [4.69, 9.17) is 0 Å². The number of nitrogens with zero attached hydrogens (tertiary/aromatic N) is 2. The maximum absolute atomic E-state index is 12.8. The van der Waals surface area contributed by atoms with E-state index in [1.165, 1.54) is 37.9 Å². The molecule has 1 N–H and O–H groups in total. The molecule has 1 amide bonds. The molecule has 9 heteroatoms. The Morgan fingerprint density at radius 1 is 1.29 bits per heavy atom. The van der Waals surface area contributed by atoms with E-state index in [0.29, 0.717) is 23.4 Å². The van der Waals surface area contributed by atoms with Gasteiger partial charge in [-0.2, -0.15) is 0 Å². The van der Waals surface area contributed by atoms with Crippen molar-refractivity contribution in [3.8, 4) is 0 Å². The average molecular weight is 394 g/mol. The van der Waals surface area contributed by atoms with Crippen LogP contribution in [0.4, 0.5) is 0 Å². The average Bonchev–Trinajstić information content (AvgIpc) is 3.17. The van der Waals surface area contributed by atoms with Gasteiger partial charge in [0, 0.05) is 33.7 Å². The zero-order chi connectivity index (χ0) is 16.7. The molecule has 0 aromatic carbocycles. The highest BCUT2D eigenvalue weighted by molar-refractivity contribution is 7.89. The highest BCUT2D eigenvalue weighted by Gasteiger charge is 2.39. The van der Waals surface area contributed by atoms with E-state index in [-0.39, 0.29) is 23.2 Å². The molecule has 24 heavy (non-hydrogen) atoms. The third-order valence-electron chi connectivity index (χ3n) is 5.03. The van der Waals surface area contributed by atoms with Crippen molar-refractivity contribution in [3.63, 3.8) is 0 Å². The molecule has 0 aliphatic carbocycles. The summed E-state index contributed by atoms with van der Waals surface area (Å²) in [4.78, 5) is 15.1. The molecule has 1 spiro atoms. The minimum atomic E-state index is -3.58. The van der Waals surface area contributed by atoms with Gasteiger partial charge in [0.25, 0.3) is 5.91 Å². The summed E-state index contributed by atoms with van der Waals surface area (Å²) in [6.45, 7) is 3.51. The summed E-state index contributed by atoms with van der Waals surface area (Å²) >= 11 is 1.21. The first kappa shape index (κ1) is 19.7. The molecular weight excluding hydrogens is 370 g/mol. The number of piperidine rings is 1. The quantitative estimate of drug-likeness (QED) is 0.847. The molecule has 2 fully saturated rings. The molecule has 1 aromatic rings. The van der Waals surface area contributed by atoms with Crippen LogP contribution in [-0.4, -0.2) is 63.8 Å². The Bertz CT molecular complexity index is 687. The van der Waals surface area contributed by atoms with Gasteiger partial charge >= 0.3 is 0 Å². The van der Waals surface area contributed by atoms with Gasteiger partial charge < -0.3 is 10.2 Å². The number of carbonyl (C=O) groups excluding carboxylic acids is 1. The third-order valence-corrected chi connectivity index (χ3v) is 7.91. The summed E-state index contributed by atoms with van der Waals surface area (Å²) in [7, 11) is -0.614. The number of nitrogens with one attached hydrogen (secondary N) is 1. The molecule has 3 rings (SSSR count). The molecule has 0 radical (unpaired) electrons. The molecule has 3 heterocycles. The van der Waals surface area contributed by atoms with E-state index in [1.54, 1.807) is 5.38 Å². The van der Waals surface area contributed by atoms with Gasteiger partial charge in [-0.05, 0) is 42.7 Å². The molecule has 0 atom stereocenters. The Labute approximate surface area is 153 Å². The lowest BCUT2D eigenvalue weighted by molar-refractivity contribution is 0.0609. The van der Waals surface area contributed by atoms with E-state index < -0.39 is 10.0 Å². The molecule has 0 bridgehead atoms. The van der Waals surface area contributed by atoms with Crippen molar-refractivity contribution in [2.75, 3.05) is 40.3 Å². The van der Waals surface area contributed by atoms with Crippen LogP contribution in [0.5, 0.6) is 0 Å². The van der Waals surface area contributed by atoms with E-state index in [0.717, 1.165) is 30.2 Å². The van der Waals surface area contributed by atoms with Crippen LogP contribution in [0, 0.1) is 5.41 Å². The Kier molecular flexibility index (Phi) is 5.97. The number of sulfonamides is 1. The Balaban J connectivity index is 0.00000208. The van der Waals surface area contributed by atoms with Crippen LogP contribution in [0.3, 0.4) is 0 Å². The summed E-state index contributed by atoms with van der Waals surface area (Å²) in [5.41, 5.74) is 0.338. The molecule has 2 saturated heterocycles. The fourth-order valence-corrected chi connectivity index (χ4v) is 5.66. The number of likely N-dealkylation sites (tertiary alicyclic amines) is 1. The number of amides is 1. The maximum Gasteiger partial charge on any atom is 0.265 e. The summed E-state index contributed by atoms with van der Waals surface area (Å²) in [6.07, 6.45) is 3.16. The Morgan fingerprint density at radius 2 is 1.96 bits per heavy atom. The molecule has 2 aliphatic rings. The van der Waals surface area contributed by atoms with Crippen LogP contribution in [-0.2, 0) is 10.0 Å². The van der Waals surface area contributed by atoms with Gasteiger partial charge in [-0.15, -0.1) is 23.7 Å². The molecule has 0 unspecified atom stereocenters. The van der Waals surface area contributed by atoms with Crippen LogP contribution in [0.1, 0.15) is 28.9 Å². The maximum atomic E-state index is 12.8. The second kappa shape index (κ2) is 7.29.